The van der Waals surface area contributed by atoms with Crippen LogP contribution in [0.4, 0.5) is 28.2 Å². The first-order valence-electron chi connectivity index (χ1n) is 9.68. The second-order valence-electron chi connectivity index (χ2n) is 7.41. The first-order chi connectivity index (χ1) is 16.0. The summed E-state index contributed by atoms with van der Waals surface area (Å²) in [6, 6.07) is 0.874. The van der Waals surface area contributed by atoms with Crippen LogP contribution in [0.2, 0.25) is 0 Å². The number of halogens is 4. The summed E-state index contributed by atoms with van der Waals surface area (Å²) in [6.07, 6.45) is -5.59. The molecule has 0 radical (unpaired) electrons. The van der Waals surface area contributed by atoms with Gasteiger partial charge < -0.3 is 25.8 Å². The van der Waals surface area contributed by atoms with Gasteiger partial charge in [0.05, 0.1) is 31.0 Å². The van der Waals surface area contributed by atoms with Crippen LogP contribution in [0.15, 0.2) is 24.7 Å². The minimum Gasteiger partial charge on any atom is -0.480 e. The van der Waals surface area contributed by atoms with Crippen molar-refractivity contribution < 1.29 is 37.0 Å². The lowest BCUT2D eigenvalue weighted by molar-refractivity contribution is -0.136. The highest BCUT2D eigenvalue weighted by atomic mass is 19.4. The fourth-order valence-electron chi connectivity index (χ4n) is 3.71. The van der Waals surface area contributed by atoms with Crippen molar-refractivity contribution in [3.8, 4) is 17.1 Å². The summed E-state index contributed by atoms with van der Waals surface area (Å²) in [6.45, 7) is -0.681. The van der Waals surface area contributed by atoms with Gasteiger partial charge >= 0.3 is 12.3 Å². The molecule has 1 aliphatic rings. The number of hydrogen-bond donors (Lipinski definition) is 3. The minimum atomic E-state index is -4.77. The monoisotopic (exact) mass is 483 g/mol. The third kappa shape index (κ3) is 3.99. The number of likely N-dealkylation sites (tertiary alicyclic amines) is 1. The number of nitrogen functional groups attached to an aromatic ring is 1. The van der Waals surface area contributed by atoms with E-state index >= 15 is 0 Å². The normalized spacial score (nSPS) is 18.3. The van der Waals surface area contributed by atoms with Crippen molar-refractivity contribution >= 4 is 23.3 Å². The van der Waals surface area contributed by atoms with E-state index in [2.05, 4.69) is 20.4 Å². The number of carbonyl (C=O) groups excluding carboxylic acids is 1. The second kappa shape index (κ2) is 8.31. The summed E-state index contributed by atoms with van der Waals surface area (Å²) >= 11 is 0. The predicted molar refractivity (Wildman–Crippen MR) is 108 cm³/mol. The Kier molecular flexibility index (Phi) is 5.62. The van der Waals surface area contributed by atoms with Crippen molar-refractivity contribution in [1.29, 1.82) is 0 Å². The highest BCUT2D eigenvalue weighted by molar-refractivity contribution is 5.98. The number of carboxylic acid groups (broad SMARTS) is 1. The number of methoxy groups -OCH3 is 1. The van der Waals surface area contributed by atoms with Crippen molar-refractivity contribution in [3.05, 3.63) is 35.8 Å². The Balaban J connectivity index is 1.74. The molecular formula is C19H17F4N7O4. The Morgan fingerprint density at radius 1 is 1.26 bits per heavy atom. The molecule has 4 N–H and O–H groups in total. The van der Waals surface area contributed by atoms with Gasteiger partial charge in [-0.05, 0) is 12.1 Å². The number of hydrogen-bond acceptors (Lipinski definition) is 7. The number of nitrogens with two attached hydrogens (primary N) is 1. The molecule has 1 fully saturated rings. The number of rotatable bonds is 4. The molecule has 0 unspecified atom stereocenters. The molecule has 11 nitrogen and oxygen atoms in total. The Bertz CT molecular complexity index is 1280. The average molecular weight is 483 g/mol. The first-order valence-corrected chi connectivity index (χ1v) is 9.68. The number of nitrogens with zero attached hydrogens (tertiary/aromatic N) is 5. The molecular weight excluding hydrogens is 466 g/mol. The summed E-state index contributed by atoms with van der Waals surface area (Å²) in [5.74, 6) is -1.42. The molecule has 0 saturated carbocycles. The molecule has 4 heterocycles. The molecule has 3 aromatic heterocycles. The Hall–Kier alpha value is -4.17. The zero-order valence-electron chi connectivity index (χ0n) is 17.4. The summed E-state index contributed by atoms with van der Waals surface area (Å²) in [7, 11) is 1.22. The second-order valence-corrected chi connectivity index (χ2v) is 7.41. The molecule has 15 heteroatoms. The van der Waals surface area contributed by atoms with Crippen molar-refractivity contribution in [2.75, 3.05) is 25.9 Å². The van der Waals surface area contributed by atoms with Crippen molar-refractivity contribution in [1.82, 2.24) is 29.8 Å². The van der Waals surface area contributed by atoms with E-state index in [9.17, 15) is 27.2 Å². The molecule has 180 valence electrons. The maximum Gasteiger partial charge on any atom is 0.418 e. The molecule has 0 aromatic carbocycles. The number of anilines is 1. The van der Waals surface area contributed by atoms with E-state index in [4.69, 9.17) is 15.6 Å². The van der Waals surface area contributed by atoms with Crippen LogP contribution in [0.3, 0.4) is 0 Å². The average Bonchev–Trinajstić information content (AvgIpc) is 3.35. The third-order valence-corrected chi connectivity index (χ3v) is 5.31. The van der Waals surface area contributed by atoms with Crippen LogP contribution in [0.1, 0.15) is 15.9 Å². The van der Waals surface area contributed by atoms with Crippen LogP contribution in [0.5, 0.6) is 5.88 Å². The van der Waals surface area contributed by atoms with E-state index in [-0.39, 0.29) is 29.2 Å². The van der Waals surface area contributed by atoms with E-state index < -0.39 is 53.8 Å². The molecule has 34 heavy (non-hydrogen) atoms. The quantitative estimate of drug-likeness (QED) is 0.476. The lowest BCUT2D eigenvalue weighted by atomic mass is 10.1. The summed E-state index contributed by atoms with van der Waals surface area (Å²) in [5.41, 5.74) is 3.88. The molecule has 4 rings (SSSR count). The van der Waals surface area contributed by atoms with Crippen LogP contribution in [0, 0.1) is 0 Å². The number of amides is 2. The number of aromatic nitrogens is 4. The van der Waals surface area contributed by atoms with Gasteiger partial charge in [-0.25, -0.2) is 23.7 Å². The highest BCUT2D eigenvalue weighted by Crippen LogP contribution is 2.39. The number of ether oxygens (including phenoxy) is 1. The topological polar surface area (TPSA) is 148 Å². The maximum atomic E-state index is 14.2. The minimum absolute atomic E-state index is 0.0601. The number of alkyl halides is 4. The lowest BCUT2D eigenvalue weighted by Gasteiger charge is -2.16. The fourth-order valence-corrected chi connectivity index (χ4v) is 3.71. The predicted octanol–water partition coefficient (Wildman–Crippen LogP) is 1.83. The summed E-state index contributed by atoms with van der Waals surface area (Å²) < 4.78 is 61.0. The Labute approximate surface area is 188 Å². The highest BCUT2D eigenvalue weighted by Gasteiger charge is 2.38. The Morgan fingerprint density at radius 3 is 2.62 bits per heavy atom. The molecule has 2 amide bonds. The molecule has 0 aliphatic carbocycles. The van der Waals surface area contributed by atoms with E-state index in [1.165, 1.54) is 19.4 Å². The fraction of sp³-hybridized carbons (Fsp3) is 0.316. The van der Waals surface area contributed by atoms with Gasteiger partial charge in [-0.1, -0.05) is 0 Å². The van der Waals surface area contributed by atoms with Crippen LogP contribution < -0.4 is 15.8 Å². The Morgan fingerprint density at radius 2 is 2.00 bits per heavy atom. The first kappa shape index (κ1) is 23.0. The number of carbonyl (C=O) groups is 2. The molecule has 0 spiro atoms. The van der Waals surface area contributed by atoms with Gasteiger partial charge in [0.2, 0.25) is 5.88 Å². The van der Waals surface area contributed by atoms with Crippen molar-refractivity contribution in [3.63, 3.8) is 0 Å². The SMILES string of the molecule is COc1ncc(-c2cc(C(F)(F)F)c3c(N)ncnn23)cc1C(=O)N[C@@H]1CN(C(=O)O)C[C@@H]1F. The van der Waals surface area contributed by atoms with E-state index in [1.54, 1.807) is 0 Å². The summed E-state index contributed by atoms with van der Waals surface area (Å²) in [5, 5.41) is 15.3. The molecule has 1 saturated heterocycles. The van der Waals surface area contributed by atoms with Crippen LogP contribution >= 0.6 is 0 Å². The molecule has 0 bridgehead atoms. The van der Waals surface area contributed by atoms with E-state index in [0.717, 1.165) is 21.8 Å². The third-order valence-electron chi connectivity index (χ3n) is 5.31. The molecule has 2 atom stereocenters. The van der Waals surface area contributed by atoms with Gasteiger partial charge in [0.25, 0.3) is 5.91 Å². The lowest BCUT2D eigenvalue weighted by Crippen LogP contribution is -2.41. The van der Waals surface area contributed by atoms with E-state index in [0.29, 0.717) is 0 Å². The molecule has 1 aliphatic heterocycles. The zero-order valence-corrected chi connectivity index (χ0v) is 17.4. The van der Waals surface area contributed by atoms with Gasteiger partial charge in [-0.2, -0.15) is 18.3 Å². The maximum absolute atomic E-state index is 14.2. The van der Waals surface area contributed by atoms with E-state index in [1.807, 2.05) is 0 Å². The van der Waals surface area contributed by atoms with Gasteiger partial charge in [0, 0.05) is 18.3 Å². The van der Waals surface area contributed by atoms with Crippen LogP contribution in [-0.2, 0) is 6.18 Å². The standard InChI is InChI=1S/C19H17F4N7O4/c1-34-17-9(16(31)28-12-6-29(18(32)33)5-11(12)20)2-8(4-25-17)13-3-10(19(21,22)23)14-15(24)26-7-27-30(13)14/h2-4,7,11-12H,5-6H2,1H3,(H,28,31)(H,32,33)(H2,24,26,27)/t11-,12+/m0/s1. The van der Waals surface area contributed by atoms with Crippen molar-refractivity contribution in [2.24, 2.45) is 0 Å². The largest absolute Gasteiger partial charge is 0.480 e. The van der Waals surface area contributed by atoms with Crippen LogP contribution in [-0.4, -0.2) is 74.0 Å². The zero-order chi connectivity index (χ0) is 24.8. The van der Waals surface area contributed by atoms with Gasteiger partial charge in [0.1, 0.15) is 23.6 Å². The molecule has 3 aromatic rings. The van der Waals surface area contributed by atoms with Gasteiger partial charge in [-0.15, -0.1) is 0 Å². The summed E-state index contributed by atoms with van der Waals surface area (Å²) in [4.78, 5) is 32.3. The number of nitrogens with one attached hydrogen (secondary N) is 1. The van der Waals surface area contributed by atoms with Gasteiger partial charge in [-0.3, -0.25) is 4.79 Å². The number of pyridine rings is 1. The smallest absolute Gasteiger partial charge is 0.418 e. The van der Waals surface area contributed by atoms with Crippen LogP contribution in [0.25, 0.3) is 16.8 Å². The number of fused-ring (bicyclic) bond motifs is 1. The van der Waals surface area contributed by atoms with Gasteiger partial charge in [0.15, 0.2) is 5.82 Å². The van der Waals surface area contributed by atoms with Crippen molar-refractivity contribution in [2.45, 2.75) is 18.4 Å².